The molecule has 1 aliphatic rings. The van der Waals surface area contributed by atoms with Gasteiger partial charge in [0.2, 0.25) is 5.91 Å². The molecular weight excluding hydrogens is 282 g/mol. The maximum Gasteiger partial charge on any atom is 0.254 e. The van der Waals surface area contributed by atoms with Crippen molar-refractivity contribution in [3.05, 3.63) is 41.1 Å². The molecule has 6 nitrogen and oxygen atoms in total. The second kappa shape index (κ2) is 6.60. The topological polar surface area (TPSA) is 68.3 Å². The molecule has 0 unspecified atom stereocenters. The zero-order valence-electron chi connectivity index (χ0n) is 12.4. The molecule has 1 fully saturated rings. The summed E-state index contributed by atoms with van der Waals surface area (Å²) in [4.78, 5) is 30.5. The monoisotopic (exact) mass is 301 g/mol. The van der Waals surface area contributed by atoms with Gasteiger partial charge < -0.3 is 9.32 Å². The second-order valence-corrected chi connectivity index (χ2v) is 5.51. The van der Waals surface area contributed by atoms with Crippen molar-refractivity contribution in [2.24, 2.45) is 0 Å². The van der Waals surface area contributed by atoms with Crippen molar-refractivity contribution in [2.75, 3.05) is 13.1 Å². The fraction of sp³-hybridized carbons (Fsp3) is 0.438. The van der Waals surface area contributed by atoms with Gasteiger partial charge in [-0.1, -0.05) is 12.8 Å². The van der Waals surface area contributed by atoms with E-state index in [1.54, 1.807) is 12.1 Å². The van der Waals surface area contributed by atoms with Gasteiger partial charge in [0.15, 0.2) is 5.76 Å². The lowest BCUT2D eigenvalue weighted by molar-refractivity contribution is -0.131. The van der Waals surface area contributed by atoms with Crippen molar-refractivity contribution in [1.82, 2.24) is 14.5 Å². The Bertz CT molecular complexity index is 683. The van der Waals surface area contributed by atoms with Gasteiger partial charge in [-0.2, -0.15) is 0 Å². The Morgan fingerprint density at radius 3 is 2.64 bits per heavy atom. The Labute approximate surface area is 128 Å². The number of carbonyl (C=O) groups excluding carboxylic acids is 1. The highest BCUT2D eigenvalue weighted by molar-refractivity contribution is 5.76. The highest BCUT2D eigenvalue weighted by Crippen LogP contribution is 2.14. The van der Waals surface area contributed by atoms with E-state index in [0.29, 0.717) is 11.5 Å². The number of hydrogen-bond donors (Lipinski definition) is 0. The summed E-state index contributed by atoms with van der Waals surface area (Å²) in [6, 6.07) is 4.88. The summed E-state index contributed by atoms with van der Waals surface area (Å²) in [6.45, 7) is 1.61. The Morgan fingerprint density at radius 1 is 1.23 bits per heavy atom. The Hall–Kier alpha value is -2.37. The van der Waals surface area contributed by atoms with Crippen LogP contribution in [0.15, 0.2) is 40.0 Å². The summed E-state index contributed by atoms with van der Waals surface area (Å²) in [5.41, 5.74) is 0.234. The zero-order chi connectivity index (χ0) is 15.4. The van der Waals surface area contributed by atoms with Crippen molar-refractivity contribution in [2.45, 2.75) is 32.2 Å². The molecule has 0 aromatic carbocycles. The number of furan rings is 1. The van der Waals surface area contributed by atoms with Crippen molar-refractivity contribution < 1.29 is 9.21 Å². The number of hydrogen-bond acceptors (Lipinski definition) is 4. The first-order valence-corrected chi connectivity index (χ1v) is 7.62. The van der Waals surface area contributed by atoms with Crippen LogP contribution >= 0.6 is 0 Å². The van der Waals surface area contributed by atoms with Gasteiger partial charge in [-0.25, -0.2) is 4.98 Å². The van der Waals surface area contributed by atoms with Crippen LogP contribution in [0.2, 0.25) is 0 Å². The summed E-state index contributed by atoms with van der Waals surface area (Å²) in [7, 11) is 0. The predicted octanol–water partition coefficient (Wildman–Crippen LogP) is 1.91. The van der Waals surface area contributed by atoms with Crippen molar-refractivity contribution >= 4 is 5.91 Å². The lowest BCUT2D eigenvalue weighted by Gasteiger charge is -2.20. The molecule has 0 saturated carbocycles. The van der Waals surface area contributed by atoms with Crippen molar-refractivity contribution in [3.63, 3.8) is 0 Å². The molecule has 0 spiro atoms. The highest BCUT2D eigenvalue weighted by atomic mass is 16.3. The normalized spacial score (nSPS) is 15.5. The molecule has 116 valence electrons. The molecule has 0 radical (unpaired) electrons. The van der Waals surface area contributed by atoms with Gasteiger partial charge in [0.05, 0.1) is 12.6 Å². The smallest absolute Gasteiger partial charge is 0.254 e. The first-order chi connectivity index (χ1) is 10.7. The molecule has 1 saturated heterocycles. The first-order valence-electron chi connectivity index (χ1n) is 7.62. The average Bonchev–Trinajstić information content (AvgIpc) is 2.91. The third-order valence-corrected chi connectivity index (χ3v) is 3.92. The van der Waals surface area contributed by atoms with Gasteiger partial charge in [-0.3, -0.25) is 14.2 Å². The second-order valence-electron chi connectivity index (χ2n) is 5.51. The summed E-state index contributed by atoms with van der Waals surface area (Å²) in [5.74, 6) is 0.527. The minimum absolute atomic E-state index is 0.0171. The number of amides is 1. The van der Waals surface area contributed by atoms with Crippen LogP contribution in [-0.2, 0) is 11.3 Å². The van der Waals surface area contributed by atoms with E-state index >= 15 is 0 Å². The van der Waals surface area contributed by atoms with E-state index in [2.05, 4.69) is 4.98 Å². The van der Waals surface area contributed by atoms with Gasteiger partial charge in [0, 0.05) is 19.2 Å². The van der Waals surface area contributed by atoms with Crippen LogP contribution in [0.25, 0.3) is 11.5 Å². The molecular formula is C16H19N3O3. The summed E-state index contributed by atoms with van der Waals surface area (Å²) in [6.07, 6.45) is 7.36. The number of aromatic nitrogens is 2. The molecule has 3 heterocycles. The van der Waals surface area contributed by atoms with Crippen LogP contribution in [0.1, 0.15) is 25.7 Å². The molecule has 0 N–H and O–H groups in total. The van der Waals surface area contributed by atoms with E-state index in [4.69, 9.17) is 4.42 Å². The van der Waals surface area contributed by atoms with Crippen LogP contribution in [0.5, 0.6) is 0 Å². The van der Waals surface area contributed by atoms with Crippen molar-refractivity contribution in [1.29, 1.82) is 0 Å². The molecule has 1 amide bonds. The van der Waals surface area contributed by atoms with Crippen LogP contribution in [0, 0.1) is 0 Å². The minimum Gasteiger partial charge on any atom is -0.463 e. The SMILES string of the molecule is O=C(Cn1cnc(-c2ccco2)cc1=O)N1CCCCCC1. The standard InChI is InChI=1S/C16H19N3O3/c20-15-10-13(14-6-5-9-22-14)17-12-19(15)11-16(21)18-7-3-1-2-4-8-18/h5-6,9-10,12H,1-4,7-8,11H2. The molecule has 3 rings (SSSR count). The molecule has 0 bridgehead atoms. The quantitative estimate of drug-likeness (QED) is 0.868. The number of carbonyl (C=O) groups is 1. The van der Waals surface area contributed by atoms with Crippen LogP contribution in [0.4, 0.5) is 0 Å². The van der Waals surface area contributed by atoms with Gasteiger partial charge in [0.1, 0.15) is 12.2 Å². The predicted molar refractivity (Wildman–Crippen MR) is 81.2 cm³/mol. The fourth-order valence-corrected chi connectivity index (χ4v) is 2.67. The molecule has 2 aromatic rings. The van der Waals surface area contributed by atoms with E-state index < -0.39 is 0 Å². The third-order valence-electron chi connectivity index (χ3n) is 3.92. The van der Waals surface area contributed by atoms with E-state index in [9.17, 15) is 9.59 Å². The zero-order valence-corrected chi connectivity index (χ0v) is 12.4. The lowest BCUT2D eigenvalue weighted by atomic mass is 10.2. The van der Waals surface area contributed by atoms with E-state index in [1.165, 1.54) is 36.1 Å². The highest BCUT2D eigenvalue weighted by Gasteiger charge is 2.16. The molecule has 0 aliphatic carbocycles. The molecule has 6 heteroatoms. The summed E-state index contributed by atoms with van der Waals surface area (Å²) in [5, 5.41) is 0. The van der Waals surface area contributed by atoms with E-state index in [1.807, 2.05) is 4.90 Å². The van der Waals surface area contributed by atoms with Crippen molar-refractivity contribution in [3.8, 4) is 11.5 Å². The van der Waals surface area contributed by atoms with Crippen LogP contribution in [-0.4, -0.2) is 33.4 Å². The Balaban J connectivity index is 1.72. The van der Waals surface area contributed by atoms with Gasteiger partial charge in [0.25, 0.3) is 5.56 Å². The first kappa shape index (κ1) is 14.6. The van der Waals surface area contributed by atoms with E-state index in [-0.39, 0.29) is 18.0 Å². The number of rotatable bonds is 3. The van der Waals surface area contributed by atoms with Gasteiger partial charge in [-0.05, 0) is 25.0 Å². The Kier molecular flexibility index (Phi) is 4.37. The third kappa shape index (κ3) is 3.27. The molecule has 2 aromatic heterocycles. The van der Waals surface area contributed by atoms with E-state index in [0.717, 1.165) is 25.9 Å². The van der Waals surface area contributed by atoms with Crippen LogP contribution < -0.4 is 5.56 Å². The number of nitrogens with zero attached hydrogens (tertiary/aromatic N) is 3. The maximum absolute atomic E-state index is 12.3. The maximum atomic E-state index is 12.3. The molecule has 1 aliphatic heterocycles. The van der Waals surface area contributed by atoms with Crippen LogP contribution in [0.3, 0.4) is 0 Å². The number of likely N-dealkylation sites (tertiary alicyclic amines) is 1. The fourth-order valence-electron chi connectivity index (χ4n) is 2.67. The van der Waals surface area contributed by atoms with Gasteiger partial charge >= 0.3 is 0 Å². The lowest BCUT2D eigenvalue weighted by Crippen LogP contribution is -2.37. The molecule has 0 atom stereocenters. The minimum atomic E-state index is -0.246. The Morgan fingerprint density at radius 2 is 2.00 bits per heavy atom. The average molecular weight is 301 g/mol. The molecule has 22 heavy (non-hydrogen) atoms. The van der Waals surface area contributed by atoms with Gasteiger partial charge in [-0.15, -0.1) is 0 Å². The summed E-state index contributed by atoms with van der Waals surface area (Å²) < 4.78 is 6.57. The largest absolute Gasteiger partial charge is 0.463 e. The summed E-state index contributed by atoms with van der Waals surface area (Å²) >= 11 is 0.